The van der Waals surface area contributed by atoms with E-state index in [0.29, 0.717) is 12.0 Å². The molecule has 0 radical (unpaired) electrons. The van der Waals surface area contributed by atoms with Gasteiger partial charge in [0.1, 0.15) is 23.7 Å². The Labute approximate surface area is 168 Å². The lowest BCUT2D eigenvalue weighted by molar-refractivity contribution is -0.108. The molecule has 0 aliphatic rings. The predicted octanol–water partition coefficient (Wildman–Crippen LogP) is 5.51. The van der Waals surface area contributed by atoms with Crippen LogP contribution in [-0.4, -0.2) is 18.3 Å². The molecule has 6 heteroatoms. The van der Waals surface area contributed by atoms with Crippen molar-refractivity contribution in [3.8, 4) is 0 Å². The standard InChI is InChI=1S/C15H12F2O.C8H11FN2/c16-13-5-1-11(2-6-13)15(9-10-18)12-3-7-14(17)8-4-12;1-3-6-7(9)4-11-5-8(6)10-2/h1-8,10,15H,9H2;4-5,10H,3H2,1-2H3. The first kappa shape index (κ1) is 22.1. The Kier molecular flexibility index (Phi) is 8.40. The molecule has 0 amide bonds. The second-order valence-corrected chi connectivity index (χ2v) is 6.31. The Hall–Kier alpha value is -3.15. The number of aldehydes is 1. The van der Waals surface area contributed by atoms with Gasteiger partial charge in [-0.2, -0.15) is 0 Å². The van der Waals surface area contributed by atoms with Gasteiger partial charge in [-0.1, -0.05) is 31.2 Å². The summed E-state index contributed by atoms with van der Waals surface area (Å²) in [5.41, 5.74) is 3.15. The molecule has 152 valence electrons. The Bertz CT molecular complexity index is 867. The molecule has 0 atom stereocenters. The number of nitrogens with zero attached hydrogens (tertiary/aromatic N) is 1. The minimum Gasteiger partial charge on any atom is -0.387 e. The van der Waals surface area contributed by atoms with Crippen LogP contribution in [0.2, 0.25) is 0 Å². The predicted molar refractivity (Wildman–Crippen MR) is 108 cm³/mol. The Morgan fingerprint density at radius 1 is 0.931 bits per heavy atom. The third-order valence-corrected chi connectivity index (χ3v) is 4.50. The van der Waals surface area contributed by atoms with Gasteiger partial charge in [0.2, 0.25) is 0 Å². The van der Waals surface area contributed by atoms with Crippen LogP contribution in [0.5, 0.6) is 0 Å². The number of anilines is 1. The summed E-state index contributed by atoms with van der Waals surface area (Å²) in [5.74, 6) is -1.03. The minimum absolute atomic E-state index is 0.163. The molecule has 1 heterocycles. The molecule has 0 saturated carbocycles. The summed E-state index contributed by atoms with van der Waals surface area (Å²) in [6.07, 6.45) is 4.65. The average molecular weight is 400 g/mol. The van der Waals surface area contributed by atoms with E-state index in [4.69, 9.17) is 0 Å². The lowest BCUT2D eigenvalue weighted by atomic mass is 9.89. The molecule has 1 N–H and O–H groups in total. The largest absolute Gasteiger partial charge is 0.387 e. The van der Waals surface area contributed by atoms with E-state index in [0.717, 1.165) is 23.1 Å². The Morgan fingerprint density at radius 2 is 1.45 bits per heavy atom. The van der Waals surface area contributed by atoms with Gasteiger partial charge in [-0.3, -0.25) is 4.98 Å². The smallest absolute Gasteiger partial charge is 0.146 e. The van der Waals surface area contributed by atoms with Gasteiger partial charge in [0.25, 0.3) is 0 Å². The number of hydrogen-bond donors (Lipinski definition) is 1. The van der Waals surface area contributed by atoms with Crippen LogP contribution < -0.4 is 5.32 Å². The molecule has 29 heavy (non-hydrogen) atoms. The fourth-order valence-electron chi connectivity index (χ4n) is 2.99. The highest BCUT2D eigenvalue weighted by Gasteiger charge is 2.13. The van der Waals surface area contributed by atoms with Gasteiger partial charge in [0, 0.05) is 24.9 Å². The zero-order valence-electron chi connectivity index (χ0n) is 16.3. The van der Waals surface area contributed by atoms with E-state index >= 15 is 0 Å². The lowest BCUT2D eigenvalue weighted by Gasteiger charge is -2.15. The quantitative estimate of drug-likeness (QED) is 0.555. The average Bonchev–Trinajstić information content (AvgIpc) is 2.74. The van der Waals surface area contributed by atoms with E-state index in [1.165, 1.54) is 30.5 Å². The molecule has 0 bridgehead atoms. The van der Waals surface area contributed by atoms with Gasteiger partial charge in [-0.15, -0.1) is 0 Å². The van der Waals surface area contributed by atoms with E-state index in [1.807, 2.05) is 6.92 Å². The van der Waals surface area contributed by atoms with Gasteiger partial charge in [0.15, 0.2) is 0 Å². The van der Waals surface area contributed by atoms with Crippen molar-refractivity contribution in [2.45, 2.75) is 25.7 Å². The van der Waals surface area contributed by atoms with Crippen molar-refractivity contribution in [3.63, 3.8) is 0 Å². The van der Waals surface area contributed by atoms with Crippen LogP contribution in [0.4, 0.5) is 18.9 Å². The second-order valence-electron chi connectivity index (χ2n) is 6.31. The molecule has 0 fully saturated rings. The van der Waals surface area contributed by atoms with E-state index in [1.54, 1.807) is 37.5 Å². The first-order valence-electron chi connectivity index (χ1n) is 9.24. The number of nitrogens with one attached hydrogen (secondary N) is 1. The molecule has 3 nitrogen and oxygen atoms in total. The number of carbonyl (C=O) groups excluding carboxylic acids is 1. The number of rotatable bonds is 6. The molecule has 2 aromatic carbocycles. The van der Waals surface area contributed by atoms with Crippen LogP contribution in [0.25, 0.3) is 0 Å². The van der Waals surface area contributed by atoms with Crippen molar-refractivity contribution < 1.29 is 18.0 Å². The molecule has 0 saturated heterocycles. The van der Waals surface area contributed by atoms with Gasteiger partial charge in [-0.25, -0.2) is 13.2 Å². The highest BCUT2D eigenvalue weighted by atomic mass is 19.1. The first-order valence-corrected chi connectivity index (χ1v) is 9.24. The maximum absolute atomic E-state index is 12.9. The maximum atomic E-state index is 12.9. The molecule has 0 spiro atoms. The highest BCUT2D eigenvalue weighted by Crippen LogP contribution is 2.27. The molecule has 3 rings (SSSR count). The molecular formula is C23H23F3N2O. The number of benzene rings is 2. The fraction of sp³-hybridized carbons (Fsp3) is 0.217. The van der Waals surface area contributed by atoms with Crippen molar-refractivity contribution >= 4 is 12.0 Å². The number of halogens is 3. The number of aromatic nitrogens is 1. The van der Waals surface area contributed by atoms with E-state index in [9.17, 15) is 18.0 Å². The van der Waals surface area contributed by atoms with Gasteiger partial charge >= 0.3 is 0 Å². The van der Waals surface area contributed by atoms with Crippen LogP contribution >= 0.6 is 0 Å². The number of hydrogen-bond acceptors (Lipinski definition) is 3. The summed E-state index contributed by atoms with van der Waals surface area (Å²) >= 11 is 0. The summed E-state index contributed by atoms with van der Waals surface area (Å²) in [4.78, 5) is 14.5. The maximum Gasteiger partial charge on any atom is 0.146 e. The van der Waals surface area contributed by atoms with Crippen molar-refractivity contribution in [2.24, 2.45) is 0 Å². The van der Waals surface area contributed by atoms with Gasteiger partial charge in [-0.05, 0) is 41.8 Å². The van der Waals surface area contributed by atoms with Crippen LogP contribution in [0, 0.1) is 17.5 Å². The first-order chi connectivity index (χ1) is 14.0. The molecule has 0 unspecified atom stereocenters. The topological polar surface area (TPSA) is 42.0 Å². The zero-order valence-corrected chi connectivity index (χ0v) is 16.3. The third-order valence-electron chi connectivity index (χ3n) is 4.50. The van der Waals surface area contributed by atoms with Crippen molar-refractivity contribution in [2.75, 3.05) is 12.4 Å². The van der Waals surface area contributed by atoms with Crippen LogP contribution in [-0.2, 0) is 11.2 Å². The highest BCUT2D eigenvalue weighted by molar-refractivity contribution is 5.54. The molecule has 0 aliphatic carbocycles. The van der Waals surface area contributed by atoms with E-state index in [2.05, 4.69) is 10.3 Å². The molecule has 0 aliphatic heterocycles. The summed E-state index contributed by atoms with van der Waals surface area (Å²) in [6, 6.07) is 12.0. The zero-order chi connectivity index (χ0) is 21.2. The van der Waals surface area contributed by atoms with Gasteiger partial charge < -0.3 is 10.1 Å². The SMILES string of the molecule is CCc1c(F)cncc1NC.O=CCC(c1ccc(F)cc1)c1ccc(F)cc1. The third kappa shape index (κ3) is 6.17. The van der Waals surface area contributed by atoms with E-state index < -0.39 is 0 Å². The molecular weight excluding hydrogens is 377 g/mol. The molecule has 3 aromatic rings. The summed E-state index contributed by atoms with van der Waals surface area (Å²) in [6.45, 7) is 1.92. The van der Waals surface area contributed by atoms with Crippen LogP contribution in [0.15, 0.2) is 60.9 Å². The lowest BCUT2D eigenvalue weighted by Crippen LogP contribution is -2.02. The van der Waals surface area contributed by atoms with Crippen LogP contribution in [0.1, 0.15) is 36.0 Å². The fourth-order valence-corrected chi connectivity index (χ4v) is 2.99. The van der Waals surface area contributed by atoms with Crippen LogP contribution in [0.3, 0.4) is 0 Å². The minimum atomic E-state index is -0.317. The normalized spacial score (nSPS) is 10.3. The van der Waals surface area contributed by atoms with Crippen molar-refractivity contribution in [1.82, 2.24) is 4.98 Å². The summed E-state index contributed by atoms with van der Waals surface area (Å²) in [7, 11) is 1.76. The van der Waals surface area contributed by atoms with E-state index in [-0.39, 0.29) is 29.8 Å². The van der Waals surface area contributed by atoms with Crippen molar-refractivity contribution in [3.05, 3.63) is 95.1 Å². The molecule has 1 aromatic heterocycles. The second kappa shape index (κ2) is 11.0. The summed E-state index contributed by atoms with van der Waals surface area (Å²) in [5, 5.41) is 2.88. The number of carbonyl (C=O) groups is 1. The Balaban J connectivity index is 0.000000234. The Morgan fingerprint density at radius 3 is 1.83 bits per heavy atom. The number of pyridine rings is 1. The van der Waals surface area contributed by atoms with Gasteiger partial charge in [0.05, 0.1) is 18.1 Å². The summed E-state index contributed by atoms with van der Waals surface area (Å²) < 4.78 is 38.7. The van der Waals surface area contributed by atoms with Crippen molar-refractivity contribution in [1.29, 1.82) is 0 Å². The monoisotopic (exact) mass is 400 g/mol.